The molecule has 0 spiro atoms. The van der Waals surface area contributed by atoms with E-state index in [9.17, 15) is 0 Å². The largest absolute Gasteiger partial charge is 0.341 e. The lowest BCUT2D eigenvalue weighted by atomic mass is 9.50. The first-order chi connectivity index (χ1) is 6.94. The van der Waals surface area contributed by atoms with Crippen LogP contribution in [0.15, 0.2) is 0 Å². The molecule has 0 amide bonds. The van der Waals surface area contributed by atoms with Crippen molar-refractivity contribution in [1.29, 1.82) is 0 Å². The first-order valence-corrected chi connectivity index (χ1v) is 11.3. The van der Waals surface area contributed by atoms with E-state index >= 15 is 0 Å². The normalized spacial score (nSPS) is 48.6. The third-order valence-electron chi connectivity index (χ3n) is 4.74. The summed E-state index contributed by atoms with van der Waals surface area (Å²) in [6.07, 6.45) is 8.50. The Kier molecular flexibility index (Phi) is 2.64. The molecule has 86 valence electrons. The molecular weight excluding hydrogens is 267 g/mol. The summed E-state index contributed by atoms with van der Waals surface area (Å²) in [5, 5.41) is 0. The summed E-state index contributed by atoms with van der Waals surface area (Å²) in [6, 6.07) is -1.50. The van der Waals surface area contributed by atoms with Gasteiger partial charge in [0.15, 0.2) is 0 Å². The van der Waals surface area contributed by atoms with Crippen molar-refractivity contribution in [3.05, 3.63) is 0 Å². The maximum absolute atomic E-state index is 6.14. The fourth-order valence-electron chi connectivity index (χ4n) is 4.93. The molecule has 0 N–H and O–H groups in total. The van der Waals surface area contributed by atoms with Crippen molar-refractivity contribution < 1.29 is 0 Å². The molecule has 0 radical (unpaired) electrons. The van der Waals surface area contributed by atoms with Gasteiger partial charge in [0.1, 0.15) is 0 Å². The highest BCUT2D eigenvalue weighted by Crippen LogP contribution is 2.63. The molecule has 0 atom stereocenters. The topological polar surface area (TPSA) is 0 Å². The van der Waals surface area contributed by atoms with E-state index in [1.54, 1.807) is 0 Å². The van der Waals surface area contributed by atoms with Crippen molar-refractivity contribution in [1.82, 2.24) is 0 Å². The Bertz CT molecular complexity index is 236. The molecule has 0 aromatic rings. The van der Waals surface area contributed by atoms with Crippen molar-refractivity contribution >= 4 is 39.2 Å². The summed E-state index contributed by atoms with van der Waals surface area (Å²) in [7, 11) is 0. The first-order valence-electron chi connectivity index (χ1n) is 6.01. The molecule has 0 aromatic heterocycles. The summed E-state index contributed by atoms with van der Waals surface area (Å²) in [4.78, 5) is 0. The zero-order valence-corrected chi connectivity index (χ0v) is 12.1. The Hall–Kier alpha value is 1.09. The third kappa shape index (κ3) is 2.22. The van der Waals surface area contributed by atoms with E-state index in [1.807, 2.05) is 0 Å². The van der Waals surface area contributed by atoms with Crippen LogP contribution in [0.25, 0.3) is 0 Å². The molecule has 4 fully saturated rings. The summed E-state index contributed by atoms with van der Waals surface area (Å²) in [5.74, 6) is 2.91. The van der Waals surface area contributed by atoms with Crippen molar-refractivity contribution in [2.24, 2.45) is 23.2 Å². The van der Waals surface area contributed by atoms with Gasteiger partial charge in [0.05, 0.1) is 0 Å². The molecule has 0 aliphatic heterocycles. The highest BCUT2D eigenvalue weighted by atomic mass is 35.8. The Morgan fingerprint density at radius 1 is 0.867 bits per heavy atom. The predicted octanol–water partition coefficient (Wildman–Crippen LogP) is 4.86. The number of halogens is 3. The standard InChI is InChI=1S/C11H17Cl3Si/c12-15(13,14)7-11-4-8-1-9(5-11)3-10(2-8)6-11/h8-10H,1-7H2. The summed E-state index contributed by atoms with van der Waals surface area (Å²) in [5.41, 5.74) is 0.451. The van der Waals surface area contributed by atoms with E-state index in [1.165, 1.54) is 38.5 Å². The van der Waals surface area contributed by atoms with Crippen molar-refractivity contribution in [2.75, 3.05) is 0 Å². The number of rotatable bonds is 2. The second kappa shape index (κ2) is 3.54. The fraction of sp³-hybridized carbons (Fsp3) is 1.00. The molecule has 0 heterocycles. The second-order valence-corrected chi connectivity index (χ2v) is 15.3. The van der Waals surface area contributed by atoms with E-state index in [0.717, 1.165) is 23.8 Å². The Morgan fingerprint density at radius 3 is 1.60 bits per heavy atom. The molecule has 0 nitrogen and oxygen atoms in total. The zero-order chi connectivity index (χ0) is 10.7. The van der Waals surface area contributed by atoms with Crippen molar-refractivity contribution in [3.63, 3.8) is 0 Å². The van der Waals surface area contributed by atoms with Crippen LogP contribution >= 0.6 is 33.2 Å². The predicted molar refractivity (Wildman–Crippen MR) is 68.7 cm³/mol. The molecule has 0 unspecified atom stereocenters. The lowest BCUT2D eigenvalue weighted by Gasteiger charge is -2.57. The molecule has 4 heteroatoms. The van der Waals surface area contributed by atoms with E-state index in [-0.39, 0.29) is 0 Å². The van der Waals surface area contributed by atoms with Gasteiger partial charge in [0.25, 0.3) is 0 Å². The van der Waals surface area contributed by atoms with Crippen LogP contribution in [0, 0.1) is 23.2 Å². The van der Waals surface area contributed by atoms with Gasteiger partial charge in [-0.25, -0.2) is 0 Å². The Morgan fingerprint density at radius 2 is 1.27 bits per heavy atom. The van der Waals surface area contributed by atoms with Gasteiger partial charge in [-0.1, -0.05) is 0 Å². The number of hydrogen-bond donors (Lipinski definition) is 0. The SMILES string of the molecule is Cl[Si](Cl)(Cl)CC12CC3CC(CC(C3)C1)C2. The molecule has 4 rings (SSSR count). The smallest absolute Gasteiger partial charge is 0.126 e. The quantitative estimate of drug-likeness (QED) is 0.501. The minimum Gasteiger partial charge on any atom is -0.126 e. The summed E-state index contributed by atoms with van der Waals surface area (Å²) < 4.78 is 0. The van der Waals surface area contributed by atoms with Gasteiger partial charge >= 0.3 is 6.00 Å². The van der Waals surface area contributed by atoms with Crippen LogP contribution in [0.5, 0.6) is 0 Å². The molecule has 4 aliphatic rings. The monoisotopic (exact) mass is 282 g/mol. The molecule has 0 saturated heterocycles. The van der Waals surface area contributed by atoms with Crippen LogP contribution in [0.2, 0.25) is 6.04 Å². The highest BCUT2D eigenvalue weighted by Gasteiger charge is 2.53. The highest BCUT2D eigenvalue weighted by molar-refractivity contribution is 7.64. The number of hydrogen-bond acceptors (Lipinski definition) is 0. The van der Waals surface area contributed by atoms with Gasteiger partial charge in [-0.3, -0.25) is 0 Å². The van der Waals surface area contributed by atoms with Gasteiger partial charge in [-0.2, -0.15) is 0 Å². The van der Waals surface area contributed by atoms with Crippen LogP contribution in [0.4, 0.5) is 0 Å². The molecule has 4 saturated carbocycles. The van der Waals surface area contributed by atoms with Crippen LogP contribution in [-0.4, -0.2) is 6.00 Å². The van der Waals surface area contributed by atoms with E-state index in [2.05, 4.69) is 0 Å². The maximum Gasteiger partial charge on any atom is 0.341 e. The third-order valence-corrected chi connectivity index (χ3v) is 7.09. The van der Waals surface area contributed by atoms with E-state index < -0.39 is 6.00 Å². The molecule has 4 aliphatic carbocycles. The van der Waals surface area contributed by atoms with E-state index in [4.69, 9.17) is 33.2 Å². The van der Waals surface area contributed by atoms with Crippen molar-refractivity contribution in [2.45, 2.75) is 44.6 Å². The summed E-state index contributed by atoms with van der Waals surface area (Å²) in [6.45, 7) is 0. The van der Waals surface area contributed by atoms with Crippen LogP contribution in [0.3, 0.4) is 0 Å². The molecule has 4 bridgehead atoms. The second-order valence-electron chi connectivity index (χ2n) is 6.21. The fourth-order valence-corrected chi connectivity index (χ4v) is 8.77. The van der Waals surface area contributed by atoms with E-state index in [0.29, 0.717) is 5.41 Å². The van der Waals surface area contributed by atoms with Gasteiger partial charge in [0.2, 0.25) is 0 Å². The average Bonchev–Trinajstić information content (AvgIpc) is 1.94. The van der Waals surface area contributed by atoms with Gasteiger partial charge in [0, 0.05) is 0 Å². The lowest BCUT2D eigenvalue weighted by molar-refractivity contribution is -0.0411. The zero-order valence-electron chi connectivity index (χ0n) is 8.82. The van der Waals surface area contributed by atoms with Crippen LogP contribution in [-0.2, 0) is 0 Å². The van der Waals surface area contributed by atoms with Crippen molar-refractivity contribution in [3.8, 4) is 0 Å². The minimum atomic E-state index is -2.43. The average molecular weight is 284 g/mol. The summed E-state index contributed by atoms with van der Waals surface area (Å²) >= 11 is 18.4. The maximum atomic E-state index is 6.14. The lowest BCUT2D eigenvalue weighted by Crippen LogP contribution is -2.47. The first kappa shape index (κ1) is 11.2. The van der Waals surface area contributed by atoms with Crippen LogP contribution < -0.4 is 0 Å². The van der Waals surface area contributed by atoms with Gasteiger partial charge < -0.3 is 0 Å². The molecular formula is C11H17Cl3Si. The Labute approximate surface area is 107 Å². The van der Waals surface area contributed by atoms with Gasteiger partial charge in [-0.15, -0.1) is 33.2 Å². The minimum absolute atomic E-state index is 0.451. The molecule has 15 heavy (non-hydrogen) atoms. The van der Waals surface area contributed by atoms with Crippen LogP contribution in [0.1, 0.15) is 38.5 Å². The molecule has 0 aromatic carbocycles. The Balaban J connectivity index is 1.81. The van der Waals surface area contributed by atoms with Gasteiger partial charge in [-0.05, 0) is 67.7 Å².